The van der Waals surface area contributed by atoms with Crippen molar-refractivity contribution in [2.75, 3.05) is 6.61 Å². The van der Waals surface area contributed by atoms with Gasteiger partial charge in [0.25, 0.3) is 5.56 Å². The maximum absolute atomic E-state index is 12.6. The number of hydrogen-bond donors (Lipinski definition) is 1. The molecule has 0 saturated carbocycles. The molecule has 3 atom stereocenters. The van der Waals surface area contributed by atoms with E-state index in [2.05, 4.69) is 4.98 Å². The molecule has 0 bridgehead atoms. The van der Waals surface area contributed by atoms with Crippen molar-refractivity contribution in [2.45, 2.75) is 31.8 Å². The van der Waals surface area contributed by atoms with E-state index in [-0.39, 0.29) is 13.0 Å². The van der Waals surface area contributed by atoms with E-state index in [0.717, 1.165) is 0 Å². The first-order valence-electron chi connectivity index (χ1n) is 10.4. The molecule has 1 N–H and O–H groups in total. The second-order valence-electron chi connectivity index (χ2n) is 7.62. The Bertz CT molecular complexity index is 1250. The van der Waals surface area contributed by atoms with E-state index >= 15 is 0 Å². The van der Waals surface area contributed by atoms with Gasteiger partial charge in [-0.2, -0.15) is 0 Å². The minimum atomic E-state index is -0.818. The first-order chi connectivity index (χ1) is 15.9. The molecule has 0 unspecified atom stereocenters. The first-order valence-corrected chi connectivity index (χ1v) is 10.4. The van der Waals surface area contributed by atoms with Gasteiger partial charge >= 0.3 is 17.6 Å². The molecule has 9 heteroatoms. The Morgan fingerprint density at radius 1 is 1.00 bits per heavy atom. The summed E-state index contributed by atoms with van der Waals surface area (Å²) in [7, 11) is 0. The third-order valence-corrected chi connectivity index (χ3v) is 5.29. The number of rotatable bonds is 6. The summed E-state index contributed by atoms with van der Waals surface area (Å²) in [6.45, 7) is 1.38. The lowest BCUT2D eigenvalue weighted by Crippen LogP contribution is -2.33. The van der Waals surface area contributed by atoms with Gasteiger partial charge in [0.15, 0.2) is 0 Å². The Morgan fingerprint density at radius 2 is 1.61 bits per heavy atom. The smallest absolute Gasteiger partial charge is 0.338 e. The van der Waals surface area contributed by atoms with Crippen LogP contribution in [0.3, 0.4) is 0 Å². The molecule has 33 heavy (non-hydrogen) atoms. The lowest BCUT2D eigenvalue weighted by atomic mass is 10.1. The van der Waals surface area contributed by atoms with Crippen molar-refractivity contribution in [3.63, 3.8) is 0 Å². The van der Waals surface area contributed by atoms with Crippen LogP contribution < -0.4 is 11.2 Å². The second kappa shape index (κ2) is 9.66. The van der Waals surface area contributed by atoms with Crippen LogP contribution in [0.2, 0.25) is 0 Å². The van der Waals surface area contributed by atoms with Crippen LogP contribution in [0.5, 0.6) is 0 Å². The summed E-state index contributed by atoms with van der Waals surface area (Å²) >= 11 is 0. The molecule has 0 spiro atoms. The average Bonchev–Trinajstić information content (AvgIpc) is 3.23. The lowest BCUT2D eigenvalue weighted by Gasteiger charge is -2.19. The quantitative estimate of drug-likeness (QED) is 0.572. The van der Waals surface area contributed by atoms with Crippen molar-refractivity contribution in [2.24, 2.45) is 0 Å². The molecule has 1 fully saturated rings. The zero-order valence-corrected chi connectivity index (χ0v) is 17.8. The van der Waals surface area contributed by atoms with Gasteiger partial charge < -0.3 is 14.2 Å². The van der Waals surface area contributed by atoms with E-state index in [1.165, 1.54) is 10.8 Å². The molecule has 0 amide bonds. The molecule has 0 aliphatic carbocycles. The number of H-pyrrole nitrogens is 1. The van der Waals surface area contributed by atoms with E-state index in [4.69, 9.17) is 14.2 Å². The lowest BCUT2D eigenvalue weighted by molar-refractivity contribution is -0.0582. The van der Waals surface area contributed by atoms with E-state index in [1.54, 1.807) is 67.6 Å². The molecule has 1 aromatic heterocycles. The molecule has 2 heterocycles. The summed E-state index contributed by atoms with van der Waals surface area (Å²) in [6.07, 6.45) is -0.889. The minimum absolute atomic E-state index is 0.136. The largest absolute Gasteiger partial charge is 0.459 e. The van der Waals surface area contributed by atoms with Crippen LogP contribution in [0.25, 0.3) is 0 Å². The van der Waals surface area contributed by atoms with Crippen LogP contribution in [0.15, 0.2) is 76.4 Å². The fraction of sp³-hybridized carbons (Fsp3) is 0.250. The van der Waals surface area contributed by atoms with Crippen LogP contribution in [-0.4, -0.2) is 40.3 Å². The van der Waals surface area contributed by atoms with Crippen LogP contribution in [0.4, 0.5) is 0 Å². The number of aromatic nitrogens is 2. The van der Waals surface area contributed by atoms with Gasteiger partial charge in [-0.3, -0.25) is 14.3 Å². The van der Waals surface area contributed by atoms with Crippen LogP contribution in [-0.2, 0) is 14.2 Å². The Hall–Kier alpha value is -3.98. The van der Waals surface area contributed by atoms with Gasteiger partial charge in [0.2, 0.25) is 0 Å². The molecular weight excluding hydrogens is 428 g/mol. The number of nitrogens with zero attached hydrogens (tertiary/aromatic N) is 1. The number of hydrogen-bond acceptors (Lipinski definition) is 7. The molecular formula is C24H22N2O7. The topological polar surface area (TPSA) is 117 Å². The number of aromatic amines is 1. The average molecular weight is 450 g/mol. The van der Waals surface area contributed by atoms with E-state index < -0.39 is 41.6 Å². The number of nitrogens with one attached hydrogen (secondary N) is 1. The van der Waals surface area contributed by atoms with Crippen LogP contribution in [0, 0.1) is 6.92 Å². The minimum Gasteiger partial charge on any atom is -0.459 e. The predicted molar refractivity (Wildman–Crippen MR) is 117 cm³/mol. The fourth-order valence-corrected chi connectivity index (χ4v) is 3.54. The number of carbonyl (C=O) groups is 2. The van der Waals surface area contributed by atoms with E-state index in [0.29, 0.717) is 16.7 Å². The van der Waals surface area contributed by atoms with Crippen LogP contribution in [0.1, 0.15) is 38.9 Å². The maximum atomic E-state index is 12.6. The van der Waals surface area contributed by atoms with Gasteiger partial charge in [0, 0.05) is 18.2 Å². The molecule has 170 valence electrons. The zero-order valence-electron chi connectivity index (χ0n) is 17.8. The van der Waals surface area contributed by atoms with Gasteiger partial charge in [0.1, 0.15) is 25.0 Å². The van der Waals surface area contributed by atoms with Crippen molar-refractivity contribution >= 4 is 11.9 Å². The summed E-state index contributed by atoms with van der Waals surface area (Å²) in [5.74, 6) is -1.11. The summed E-state index contributed by atoms with van der Waals surface area (Å²) in [4.78, 5) is 51.2. The number of esters is 2. The van der Waals surface area contributed by atoms with Crippen molar-refractivity contribution in [3.8, 4) is 0 Å². The summed E-state index contributed by atoms with van der Waals surface area (Å²) in [6, 6.07) is 16.9. The summed E-state index contributed by atoms with van der Waals surface area (Å²) < 4.78 is 18.2. The van der Waals surface area contributed by atoms with Gasteiger partial charge in [0.05, 0.1) is 11.1 Å². The molecule has 1 saturated heterocycles. The van der Waals surface area contributed by atoms with Gasteiger partial charge in [-0.1, -0.05) is 36.4 Å². The highest BCUT2D eigenvalue weighted by atomic mass is 16.6. The normalized spacial score (nSPS) is 19.7. The highest BCUT2D eigenvalue weighted by molar-refractivity contribution is 5.90. The SMILES string of the molecule is Cc1cn([C@H]2C[C@@H](OC(=O)c3ccccc3)[C@H](COC(=O)c3ccccc3)O2)c(=O)[nH]c1=O. The highest BCUT2D eigenvalue weighted by Crippen LogP contribution is 2.31. The molecule has 0 radical (unpaired) electrons. The van der Waals surface area contributed by atoms with Crippen molar-refractivity contribution in [3.05, 3.63) is 104 Å². The van der Waals surface area contributed by atoms with Gasteiger partial charge in [-0.15, -0.1) is 0 Å². The fourth-order valence-electron chi connectivity index (χ4n) is 3.54. The second-order valence-corrected chi connectivity index (χ2v) is 7.62. The van der Waals surface area contributed by atoms with E-state index in [9.17, 15) is 19.2 Å². The number of ether oxygens (including phenoxy) is 3. The van der Waals surface area contributed by atoms with Crippen molar-refractivity contribution in [1.29, 1.82) is 0 Å². The Morgan fingerprint density at radius 3 is 2.24 bits per heavy atom. The maximum Gasteiger partial charge on any atom is 0.338 e. The van der Waals surface area contributed by atoms with Crippen molar-refractivity contribution < 1.29 is 23.8 Å². The zero-order chi connectivity index (χ0) is 23.4. The predicted octanol–water partition coefficient (Wildman–Crippen LogP) is 2.22. The third kappa shape index (κ3) is 5.09. The molecule has 9 nitrogen and oxygen atoms in total. The number of benzene rings is 2. The standard InChI is InChI=1S/C24H22N2O7/c1-15-13-26(24(30)25-21(15)27)20-12-18(33-23(29)17-10-6-3-7-11-17)19(32-20)14-31-22(28)16-8-4-2-5-9-16/h2-11,13,18-20H,12,14H2,1H3,(H,25,27,30)/t18-,19+,20-/m1/s1. The Balaban J connectivity index is 1.53. The highest BCUT2D eigenvalue weighted by Gasteiger charge is 2.40. The Labute approximate surface area is 188 Å². The third-order valence-electron chi connectivity index (χ3n) is 5.29. The first kappa shape index (κ1) is 22.2. The molecule has 1 aliphatic heterocycles. The monoisotopic (exact) mass is 450 g/mol. The summed E-state index contributed by atoms with van der Waals surface area (Å²) in [5.41, 5.74) is -0.0781. The molecule has 1 aliphatic rings. The number of aryl methyl sites for hydroxylation is 1. The van der Waals surface area contributed by atoms with Crippen LogP contribution >= 0.6 is 0 Å². The van der Waals surface area contributed by atoms with Gasteiger partial charge in [-0.25, -0.2) is 14.4 Å². The molecule has 4 rings (SSSR count). The van der Waals surface area contributed by atoms with Crippen molar-refractivity contribution in [1.82, 2.24) is 9.55 Å². The molecule has 2 aromatic carbocycles. The van der Waals surface area contributed by atoms with Gasteiger partial charge in [-0.05, 0) is 31.2 Å². The Kier molecular flexibility index (Phi) is 6.50. The van der Waals surface area contributed by atoms with E-state index in [1.807, 2.05) is 0 Å². The number of carbonyl (C=O) groups excluding carboxylic acids is 2. The summed E-state index contributed by atoms with van der Waals surface area (Å²) in [5, 5.41) is 0. The molecule has 3 aromatic rings.